The molecule has 4 rings (SSSR count). The van der Waals surface area contributed by atoms with E-state index in [0.29, 0.717) is 25.1 Å². The second-order valence-electron chi connectivity index (χ2n) is 6.94. The van der Waals surface area contributed by atoms with Crippen molar-refractivity contribution in [3.63, 3.8) is 0 Å². The first kappa shape index (κ1) is 17.1. The van der Waals surface area contributed by atoms with Crippen LogP contribution in [0, 0.1) is 12.3 Å². The van der Waals surface area contributed by atoms with Crippen LogP contribution in [-0.2, 0) is 11.3 Å². The molecule has 0 unspecified atom stereocenters. The fourth-order valence-electron chi connectivity index (χ4n) is 4.47. The van der Waals surface area contributed by atoms with Crippen molar-refractivity contribution in [1.82, 2.24) is 25.4 Å². The van der Waals surface area contributed by atoms with Gasteiger partial charge in [0.1, 0.15) is 16.3 Å². The summed E-state index contributed by atoms with van der Waals surface area (Å²) in [5.41, 5.74) is -0.249. The van der Waals surface area contributed by atoms with Crippen molar-refractivity contribution in [3.05, 3.63) is 28.4 Å². The van der Waals surface area contributed by atoms with E-state index in [9.17, 15) is 9.59 Å². The lowest BCUT2D eigenvalue weighted by Crippen LogP contribution is -2.49. The van der Waals surface area contributed by atoms with Gasteiger partial charge in [-0.05, 0) is 32.6 Å². The number of nitrogens with one attached hydrogen (secondary N) is 1. The Labute approximate surface area is 155 Å². The van der Waals surface area contributed by atoms with Crippen LogP contribution in [-0.4, -0.2) is 44.0 Å². The number of fused-ring (bicyclic) bond motifs is 2. The number of hydrogen-bond acceptors (Lipinski definition) is 7. The fraction of sp³-hybridized carbons (Fsp3) is 0.588. The zero-order valence-electron chi connectivity index (χ0n) is 14.8. The van der Waals surface area contributed by atoms with Crippen LogP contribution in [0.4, 0.5) is 0 Å². The number of rotatable bonds is 5. The van der Waals surface area contributed by atoms with Crippen molar-refractivity contribution in [2.45, 2.75) is 58.2 Å². The molecule has 8 nitrogen and oxygen atoms in total. The molecule has 3 atom stereocenters. The van der Waals surface area contributed by atoms with E-state index in [1.54, 1.807) is 0 Å². The highest BCUT2D eigenvalue weighted by Gasteiger charge is 2.60. The van der Waals surface area contributed by atoms with E-state index in [-0.39, 0.29) is 23.9 Å². The lowest BCUT2D eigenvalue weighted by molar-refractivity contribution is -0.133. The van der Waals surface area contributed by atoms with E-state index in [0.717, 1.165) is 22.9 Å². The topological polar surface area (TPSA) is 101 Å². The van der Waals surface area contributed by atoms with Crippen LogP contribution in [0.3, 0.4) is 0 Å². The molecule has 26 heavy (non-hydrogen) atoms. The van der Waals surface area contributed by atoms with Gasteiger partial charge >= 0.3 is 0 Å². The van der Waals surface area contributed by atoms with Crippen LogP contribution in [0.2, 0.25) is 0 Å². The number of amides is 2. The van der Waals surface area contributed by atoms with Crippen LogP contribution in [0.15, 0.2) is 17.1 Å². The molecule has 0 radical (unpaired) electrons. The molecular formula is C17H21N5O3S. The maximum absolute atomic E-state index is 13.1. The number of aromatic nitrogens is 3. The highest BCUT2D eigenvalue weighted by Crippen LogP contribution is 2.52. The predicted octanol–water partition coefficient (Wildman–Crippen LogP) is 1.92. The summed E-state index contributed by atoms with van der Waals surface area (Å²) in [7, 11) is 0. The highest BCUT2D eigenvalue weighted by atomic mass is 32.1. The quantitative estimate of drug-likeness (QED) is 0.857. The molecule has 9 heteroatoms. The minimum absolute atomic E-state index is 0.00185. The van der Waals surface area contributed by atoms with Crippen LogP contribution in [0.5, 0.6) is 0 Å². The Bertz CT molecular complexity index is 820. The van der Waals surface area contributed by atoms with Crippen molar-refractivity contribution in [2.75, 3.05) is 0 Å². The van der Waals surface area contributed by atoms with Crippen molar-refractivity contribution in [2.24, 2.45) is 5.41 Å². The van der Waals surface area contributed by atoms with E-state index >= 15 is 0 Å². The Morgan fingerprint density at radius 2 is 2.27 bits per heavy atom. The zero-order valence-corrected chi connectivity index (χ0v) is 15.6. The van der Waals surface area contributed by atoms with Gasteiger partial charge in [0, 0.05) is 12.1 Å². The third-order valence-corrected chi connectivity index (χ3v) is 6.52. The Morgan fingerprint density at radius 3 is 2.92 bits per heavy atom. The number of oxazole rings is 1. The third kappa shape index (κ3) is 2.61. The summed E-state index contributed by atoms with van der Waals surface area (Å²) in [6.07, 6.45) is 5.78. The molecule has 4 heterocycles. The molecule has 2 aromatic rings. The maximum atomic E-state index is 13.1. The second kappa shape index (κ2) is 6.46. The van der Waals surface area contributed by atoms with Gasteiger partial charge in [0.05, 0.1) is 12.0 Å². The molecule has 2 fully saturated rings. The molecule has 2 aliphatic heterocycles. The van der Waals surface area contributed by atoms with Crippen LogP contribution in [0.25, 0.3) is 0 Å². The van der Waals surface area contributed by atoms with Crippen molar-refractivity contribution in [1.29, 1.82) is 0 Å². The Morgan fingerprint density at radius 1 is 1.42 bits per heavy atom. The van der Waals surface area contributed by atoms with Gasteiger partial charge in [0.15, 0.2) is 12.1 Å². The minimum atomic E-state index is -0.554. The molecular weight excluding hydrogens is 354 g/mol. The molecule has 2 aliphatic rings. The first-order valence-electron chi connectivity index (χ1n) is 8.83. The van der Waals surface area contributed by atoms with Gasteiger partial charge in [-0.2, -0.15) is 0 Å². The van der Waals surface area contributed by atoms with Gasteiger partial charge in [0.25, 0.3) is 5.91 Å². The summed E-state index contributed by atoms with van der Waals surface area (Å²) in [6.45, 7) is 4.29. The largest absolute Gasteiger partial charge is 0.451 e. The summed E-state index contributed by atoms with van der Waals surface area (Å²) in [6, 6.07) is -0.0171. The van der Waals surface area contributed by atoms with Gasteiger partial charge in [-0.25, -0.2) is 4.98 Å². The first-order chi connectivity index (χ1) is 12.5. The lowest BCUT2D eigenvalue weighted by Gasteiger charge is -2.35. The minimum Gasteiger partial charge on any atom is -0.451 e. The number of carbonyl (C=O) groups excluding carboxylic acids is 2. The average Bonchev–Trinajstić information content (AvgIpc) is 3.42. The van der Waals surface area contributed by atoms with Crippen LogP contribution >= 0.6 is 11.3 Å². The molecule has 0 spiro atoms. The van der Waals surface area contributed by atoms with E-state index < -0.39 is 5.41 Å². The summed E-state index contributed by atoms with van der Waals surface area (Å²) in [5, 5.41) is 12.7. The maximum Gasteiger partial charge on any atom is 0.276 e. The monoisotopic (exact) mass is 375 g/mol. The van der Waals surface area contributed by atoms with E-state index in [1.807, 2.05) is 18.7 Å². The normalized spacial score (nSPS) is 27.1. The van der Waals surface area contributed by atoms with E-state index in [1.165, 1.54) is 24.0 Å². The fourth-order valence-corrected chi connectivity index (χ4v) is 5.11. The van der Waals surface area contributed by atoms with Gasteiger partial charge in [-0.1, -0.05) is 18.3 Å². The molecule has 2 amide bonds. The first-order valence-corrected chi connectivity index (χ1v) is 9.65. The summed E-state index contributed by atoms with van der Waals surface area (Å²) >= 11 is 1.48. The molecule has 2 aromatic heterocycles. The molecule has 0 saturated carbocycles. The van der Waals surface area contributed by atoms with E-state index in [2.05, 4.69) is 20.5 Å². The Hall–Kier alpha value is -2.29. The van der Waals surface area contributed by atoms with Crippen LogP contribution < -0.4 is 5.32 Å². The molecule has 2 bridgehead atoms. The third-order valence-electron chi connectivity index (χ3n) is 5.68. The van der Waals surface area contributed by atoms with Crippen molar-refractivity contribution in [3.8, 4) is 0 Å². The molecule has 138 valence electrons. The van der Waals surface area contributed by atoms with Gasteiger partial charge < -0.3 is 14.6 Å². The molecule has 0 aromatic carbocycles. The summed E-state index contributed by atoms with van der Waals surface area (Å²) in [4.78, 5) is 31.8. The van der Waals surface area contributed by atoms with Gasteiger partial charge in [0.2, 0.25) is 5.91 Å². The Kier molecular flexibility index (Phi) is 4.26. The standard InChI is InChI=1S/C17H21N5O3S/c1-3-17(16(24)18-7-14-21-20-10(2)26-14)6-11-4-5-13(17)22(11)15(23)12-8-25-9-19-12/h8-9,11,13H,3-7H2,1-2H3,(H,18,24)/t11-,13+,17+/m1/s1. The number of nitrogens with zero attached hydrogens (tertiary/aromatic N) is 4. The molecule has 1 N–H and O–H groups in total. The van der Waals surface area contributed by atoms with Gasteiger partial charge in [-0.15, -0.1) is 10.2 Å². The van der Waals surface area contributed by atoms with Crippen molar-refractivity contribution < 1.29 is 14.0 Å². The van der Waals surface area contributed by atoms with Gasteiger partial charge in [-0.3, -0.25) is 9.59 Å². The number of hydrogen-bond donors (Lipinski definition) is 1. The van der Waals surface area contributed by atoms with Crippen molar-refractivity contribution >= 4 is 23.2 Å². The smallest absolute Gasteiger partial charge is 0.276 e. The second-order valence-corrected chi connectivity index (χ2v) is 8.21. The molecule has 2 saturated heterocycles. The number of aryl methyl sites for hydroxylation is 1. The SMILES string of the molecule is CC[C@]1(C(=O)NCc2nnc(C)s2)C[C@H]2CC[C@@H]1N2C(=O)c1cocn1. The molecule has 0 aliphatic carbocycles. The predicted molar refractivity (Wildman–Crippen MR) is 93.3 cm³/mol. The summed E-state index contributed by atoms with van der Waals surface area (Å²) in [5.74, 6) is -0.146. The van der Waals surface area contributed by atoms with Crippen LogP contribution in [0.1, 0.15) is 53.1 Å². The summed E-state index contributed by atoms with van der Waals surface area (Å²) < 4.78 is 4.95. The van der Waals surface area contributed by atoms with E-state index in [4.69, 9.17) is 4.42 Å². The number of carbonyl (C=O) groups is 2. The Balaban J connectivity index is 1.52. The zero-order chi connectivity index (χ0) is 18.3. The lowest BCUT2D eigenvalue weighted by atomic mass is 9.71. The highest BCUT2D eigenvalue weighted by molar-refractivity contribution is 7.11. The average molecular weight is 375 g/mol.